The van der Waals surface area contributed by atoms with Crippen molar-refractivity contribution in [2.24, 2.45) is 29.1 Å². The van der Waals surface area contributed by atoms with Crippen LogP contribution in [-0.2, 0) is 0 Å². The summed E-state index contributed by atoms with van der Waals surface area (Å²) in [7, 11) is 0. The molecule has 0 amide bonds. The van der Waals surface area contributed by atoms with Crippen LogP contribution in [0.15, 0.2) is 12.2 Å². The van der Waals surface area contributed by atoms with E-state index < -0.39 is 0 Å². The molecule has 1 saturated carbocycles. The van der Waals surface area contributed by atoms with Crippen LogP contribution in [0.5, 0.6) is 0 Å². The number of hydrogen-bond donors (Lipinski definition) is 0. The summed E-state index contributed by atoms with van der Waals surface area (Å²) < 4.78 is 0. The molecule has 4 atom stereocenters. The molecule has 2 aliphatic carbocycles. The largest absolute Gasteiger partial charge is 0.0843 e. The molecule has 0 radical (unpaired) electrons. The lowest BCUT2D eigenvalue weighted by Gasteiger charge is -2.29. The van der Waals surface area contributed by atoms with Gasteiger partial charge in [0, 0.05) is 0 Å². The Bertz CT molecular complexity index is 196. The lowest BCUT2D eigenvalue weighted by Crippen LogP contribution is -2.23. The Morgan fingerprint density at radius 2 is 1.50 bits per heavy atom. The Morgan fingerprint density at radius 1 is 1.08 bits per heavy atom. The maximum absolute atomic E-state index is 2.47. The molecule has 2 rings (SSSR count). The van der Waals surface area contributed by atoms with Crippen molar-refractivity contribution in [1.82, 2.24) is 0 Å². The van der Waals surface area contributed by atoms with Crippen molar-refractivity contribution in [3.63, 3.8) is 0 Å². The number of hydrogen-bond acceptors (Lipinski definition) is 0. The summed E-state index contributed by atoms with van der Waals surface area (Å²) in [5.41, 5.74) is 0.596. The molecule has 0 nitrogen and oxygen atoms in total. The quantitative estimate of drug-likeness (QED) is 0.520. The van der Waals surface area contributed by atoms with Crippen LogP contribution in [0, 0.1) is 29.1 Å². The molecule has 0 N–H and O–H groups in total. The fraction of sp³-hybridized carbons (Fsp3) is 0.833. The van der Waals surface area contributed by atoms with Gasteiger partial charge in [0.1, 0.15) is 0 Å². The first-order valence-corrected chi connectivity index (χ1v) is 5.29. The summed E-state index contributed by atoms with van der Waals surface area (Å²) >= 11 is 0. The smallest absolute Gasteiger partial charge is 0.0145 e. The van der Waals surface area contributed by atoms with Crippen LogP contribution in [0.25, 0.3) is 0 Å². The lowest BCUT2D eigenvalue weighted by molar-refractivity contribution is 0.215. The van der Waals surface area contributed by atoms with Gasteiger partial charge >= 0.3 is 0 Å². The van der Waals surface area contributed by atoms with E-state index in [0.29, 0.717) is 5.41 Å². The average molecular weight is 164 g/mol. The first-order chi connectivity index (χ1) is 5.61. The molecule has 1 fully saturated rings. The van der Waals surface area contributed by atoms with Gasteiger partial charge < -0.3 is 0 Å². The summed E-state index contributed by atoms with van der Waals surface area (Å²) in [5, 5.41) is 0. The minimum Gasteiger partial charge on any atom is -0.0843 e. The highest BCUT2D eigenvalue weighted by Gasteiger charge is 2.54. The Kier molecular flexibility index (Phi) is 1.65. The second kappa shape index (κ2) is 2.37. The highest BCUT2D eigenvalue weighted by atomic mass is 14.6. The van der Waals surface area contributed by atoms with Gasteiger partial charge in [-0.15, -0.1) is 0 Å². The number of allylic oxidation sites excluding steroid dienone is 2. The average Bonchev–Trinajstić information content (AvgIpc) is 2.47. The highest BCUT2D eigenvalue weighted by Crippen LogP contribution is 2.60. The fourth-order valence-corrected chi connectivity index (χ4v) is 3.58. The molecular formula is C12H20. The van der Waals surface area contributed by atoms with Crippen molar-refractivity contribution in [2.45, 2.75) is 34.1 Å². The van der Waals surface area contributed by atoms with Gasteiger partial charge in [-0.05, 0) is 35.5 Å². The van der Waals surface area contributed by atoms with E-state index in [2.05, 4.69) is 39.8 Å². The van der Waals surface area contributed by atoms with E-state index in [4.69, 9.17) is 0 Å². The minimum absolute atomic E-state index is 0.596. The van der Waals surface area contributed by atoms with Crippen LogP contribution >= 0.6 is 0 Å². The Labute approximate surface area is 76.1 Å². The summed E-state index contributed by atoms with van der Waals surface area (Å²) in [6, 6.07) is 0. The molecule has 12 heavy (non-hydrogen) atoms. The fourth-order valence-electron chi connectivity index (χ4n) is 3.58. The predicted molar refractivity (Wildman–Crippen MR) is 52.8 cm³/mol. The molecule has 0 heterocycles. The van der Waals surface area contributed by atoms with Crippen LogP contribution in [0.4, 0.5) is 0 Å². The molecule has 2 bridgehead atoms. The predicted octanol–water partition coefficient (Wildman–Crippen LogP) is 3.49. The van der Waals surface area contributed by atoms with Crippen LogP contribution < -0.4 is 0 Å². The van der Waals surface area contributed by atoms with Gasteiger partial charge in [-0.25, -0.2) is 0 Å². The first-order valence-electron chi connectivity index (χ1n) is 5.29. The van der Waals surface area contributed by atoms with Crippen LogP contribution in [-0.4, -0.2) is 0 Å². The van der Waals surface area contributed by atoms with Gasteiger partial charge in [0.25, 0.3) is 0 Å². The monoisotopic (exact) mass is 164 g/mol. The van der Waals surface area contributed by atoms with Crippen molar-refractivity contribution in [3.05, 3.63) is 12.2 Å². The summed E-state index contributed by atoms with van der Waals surface area (Å²) in [6.45, 7) is 9.67. The van der Waals surface area contributed by atoms with Gasteiger partial charge in [0.05, 0.1) is 0 Å². The maximum atomic E-state index is 2.47. The molecular weight excluding hydrogens is 144 g/mol. The van der Waals surface area contributed by atoms with Gasteiger partial charge in [-0.1, -0.05) is 39.8 Å². The van der Waals surface area contributed by atoms with E-state index in [1.807, 2.05) is 0 Å². The standard InChI is InChI=1S/C12H20/c1-5-12(4)10-6-7-11(12)9(3)8(10)2/h6-11H,5H2,1-4H3. The van der Waals surface area contributed by atoms with Crippen LogP contribution in [0.3, 0.4) is 0 Å². The van der Waals surface area contributed by atoms with Gasteiger partial charge in [-0.2, -0.15) is 0 Å². The second-order valence-electron chi connectivity index (χ2n) is 5.01. The van der Waals surface area contributed by atoms with Crippen molar-refractivity contribution in [1.29, 1.82) is 0 Å². The van der Waals surface area contributed by atoms with E-state index in [0.717, 1.165) is 23.7 Å². The topological polar surface area (TPSA) is 0 Å². The summed E-state index contributed by atoms with van der Waals surface area (Å²) in [4.78, 5) is 0. The summed E-state index contributed by atoms with van der Waals surface area (Å²) in [6.07, 6.45) is 6.28. The molecule has 68 valence electrons. The van der Waals surface area contributed by atoms with E-state index in [9.17, 15) is 0 Å². The van der Waals surface area contributed by atoms with Crippen molar-refractivity contribution in [2.75, 3.05) is 0 Å². The zero-order valence-corrected chi connectivity index (χ0v) is 8.67. The van der Waals surface area contributed by atoms with E-state index in [-0.39, 0.29) is 0 Å². The zero-order chi connectivity index (χ0) is 8.93. The van der Waals surface area contributed by atoms with Crippen LogP contribution in [0.2, 0.25) is 0 Å². The Balaban J connectivity index is 2.35. The molecule has 0 aromatic rings. The van der Waals surface area contributed by atoms with E-state index >= 15 is 0 Å². The third kappa shape index (κ3) is 0.739. The van der Waals surface area contributed by atoms with E-state index in [1.54, 1.807) is 0 Å². The number of rotatable bonds is 1. The zero-order valence-electron chi connectivity index (χ0n) is 8.67. The van der Waals surface area contributed by atoms with Crippen molar-refractivity contribution >= 4 is 0 Å². The van der Waals surface area contributed by atoms with Crippen molar-refractivity contribution < 1.29 is 0 Å². The molecule has 0 saturated heterocycles. The van der Waals surface area contributed by atoms with Gasteiger partial charge in [0.2, 0.25) is 0 Å². The third-order valence-electron chi connectivity index (χ3n) is 4.77. The van der Waals surface area contributed by atoms with Gasteiger partial charge in [0.15, 0.2) is 0 Å². The maximum Gasteiger partial charge on any atom is -0.0145 e. The second-order valence-corrected chi connectivity index (χ2v) is 5.01. The minimum atomic E-state index is 0.596. The third-order valence-corrected chi connectivity index (χ3v) is 4.77. The molecule has 0 aromatic heterocycles. The number of fused-ring (bicyclic) bond motifs is 2. The molecule has 2 aliphatic rings. The van der Waals surface area contributed by atoms with Gasteiger partial charge in [-0.3, -0.25) is 0 Å². The Hall–Kier alpha value is -0.260. The molecule has 4 unspecified atom stereocenters. The van der Waals surface area contributed by atoms with Crippen LogP contribution in [0.1, 0.15) is 34.1 Å². The van der Waals surface area contributed by atoms with E-state index in [1.165, 1.54) is 6.42 Å². The first kappa shape index (κ1) is 8.34. The Morgan fingerprint density at radius 3 is 1.75 bits per heavy atom. The summed E-state index contributed by atoms with van der Waals surface area (Å²) in [5.74, 6) is 3.54. The highest BCUT2D eigenvalue weighted by molar-refractivity contribution is 5.20. The molecule has 0 spiro atoms. The van der Waals surface area contributed by atoms with Crippen molar-refractivity contribution in [3.8, 4) is 0 Å². The molecule has 0 aliphatic heterocycles. The SMILES string of the molecule is CCC1(C)C2C=CC1C(C)C2C. The molecule has 0 heteroatoms. The normalized spacial score (nSPS) is 56.7. The lowest BCUT2D eigenvalue weighted by atomic mass is 9.75. The molecule has 0 aromatic carbocycles.